The van der Waals surface area contributed by atoms with Crippen LogP contribution in [-0.2, 0) is 26.1 Å². The van der Waals surface area contributed by atoms with Crippen molar-refractivity contribution in [3.8, 4) is 0 Å². The Hall–Kier alpha value is -0.683. The Bertz CT molecular complexity index is 312. The van der Waals surface area contributed by atoms with Gasteiger partial charge in [-0.05, 0) is 24.0 Å². The van der Waals surface area contributed by atoms with Crippen molar-refractivity contribution in [1.29, 1.82) is 0 Å². The van der Waals surface area contributed by atoms with Gasteiger partial charge in [0.2, 0.25) is 0 Å². The van der Waals surface area contributed by atoms with Crippen molar-refractivity contribution in [1.82, 2.24) is 0 Å². The number of benzene rings is 1. The molecule has 0 aliphatic carbocycles. The van der Waals surface area contributed by atoms with E-state index in [-0.39, 0.29) is 0 Å². The van der Waals surface area contributed by atoms with Crippen LogP contribution in [-0.4, -0.2) is 30.1 Å². The molecule has 0 aromatic heterocycles. The summed E-state index contributed by atoms with van der Waals surface area (Å²) >= 11 is 0. The van der Waals surface area contributed by atoms with Gasteiger partial charge in [0.1, 0.15) is 0 Å². The minimum Gasteiger partial charge on any atom is -0.377 e. The molecule has 0 atom stereocenters. The van der Waals surface area contributed by atoms with Crippen molar-refractivity contribution in [2.75, 3.05) is 21.3 Å². The fourth-order valence-corrected chi connectivity index (χ4v) is 3.50. The second-order valence-electron chi connectivity index (χ2n) is 3.97. The van der Waals surface area contributed by atoms with Crippen molar-refractivity contribution in [3.05, 3.63) is 35.4 Å². The van der Waals surface area contributed by atoms with E-state index in [1.807, 2.05) is 0 Å². The zero-order valence-corrected chi connectivity index (χ0v) is 12.2. The first-order chi connectivity index (χ1) is 8.19. The van der Waals surface area contributed by atoms with Crippen molar-refractivity contribution < 1.29 is 13.3 Å². The molecule has 1 rings (SSSR count). The van der Waals surface area contributed by atoms with Crippen LogP contribution in [0.3, 0.4) is 0 Å². The molecule has 0 fully saturated rings. The average Bonchev–Trinajstić information content (AvgIpc) is 2.41. The standard InChI is InChI=1S/C13H22O3Si/c1-5-12-6-8-13(9-7-12)10-11-17(14-2,15-3)16-4/h6-9H,5,10-11H2,1-4H3. The first-order valence-electron chi connectivity index (χ1n) is 5.93. The molecule has 4 heteroatoms. The number of hydrogen-bond donors (Lipinski definition) is 0. The van der Waals surface area contributed by atoms with Crippen molar-refractivity contribution >= 4 is 8.80 Å². The van der Waals surface area contributed by atoms with Crippen LogP contribution in [0.4, 0.5) is 0 Å². The highest BCUT2D eigenvalue weighted by molar-refractivity contribution is 6.60. The molecule has 0 N–H and O–H groups in total. The molecule has 0 amide bonds. The Morgan fingerprint density at radius 2 is 1.35 bits per heavy atom. The van der Waals surface area contributed by atoms with E-state index < -0.39 is 8.80 Å². The highest BCUT2D eigenvalue weighted by Crippen LogP contribution is 2.17. The van der Waals surface area contributed by atoms with E-state index in [4.69, 9.17) is 13.3 Å². The van der Waals surface area contributed by atoms with E-state index in [0.717, 1.165) is 18.9 Å². The molecule has 0 aliphatic heterocycles. The Balaban J connectivity index is 2.59. The van der Waals surface area contributed by atoms with Gasteiger partial charge in [0.15, 0.2) is 0 Å². The van der Waals surface area contributed by atoms with Gasteiger partial charge < -0.3 is 13.3 Å². The van der Waals surface area contributed by atoms with Crippen LogP contribution in [0.2, 0.25) is 6.04 Å². The third-order valence-corrected chi connectivity index (χ3v) is 5.81. The number of rotatable bonds is 7. The fourth-order valence-electron chi connectivity index (χ4n) is 1.80. The molecular formula is C13H22O3Si. The molecule has 1 aromatic rings. The van der Waals surface area contributed by atoms with Gasteiger partial charge in [-0.25, -0.2) is 0 Å². The van der Waals surface area contributed by atoms with E-state index in [1.165, 1.54) is 11.1 Å². The summed E-state index contributed by atoms with van der Waals surface area (Å²) in [6.45, 7) is 2.16. The summed E-state index contributed by atoms with van der Waals surface area (Å²) in [5.74, 6) is 0. The lowest BCUT2D eigenvalue weighted by molar-refractivity contribution is 0.123. The predicted octanol–water partition coefficient (Wildman–Crippen LogP) is 2.67. The topological polar surface area (TPSA) is 27.7 Å². The second-order valence-corrected chi connectivity index (χ2v) is 7.06. The maximum absolute atomic E-state index is 5.40. The van der Waals surface area contributed by atoms with Crippen LogP contribution < -0.4 is 0 Å². The highest BCUT2D eigenvalue weighted by Gasteiger charge is 2.36. The van der Waals surface area contributed by atoms with Crippen LogP contribution >= 0.6 is 0 Å². The maximum Gasteiger partial charge on any atom is 0.500 e. The highest BCUT2D eigenvalue weighted by atomic mass is 28.4. The Morgan fingerprint density at radius 3 is 1.76 bits per heavy atom. The Kier molecular flexibility index (Phi) is 5.84. The molecule has 3 nitrogen and oxygen atoms in total. The van der Waals surface area contributed by atoms with Crippen molar-refractivity contribution in [2.45, 2.75) is 25.8 Å². The lowest BCUT2D eigenvalue weighted by atomic mass is 10.1. The quantitative estimate of drug-likeness (QED) is 0.700. The lowest BCUT2D eigenvalue weighted by Gasteiger charge is -2.24. The molecule has 0 saturated heterocycles. The summed E-state index contributed by atoms with van der Waals surface area (Å²) in [7, 11) is 2.53. The lowest BCUT2D eigenvalue weighted by Crippen LogP contribution is -2.43. The third kappa shape index (κ3) is 3.92. The van der Waals surface area contributed by atoms with Gasteiger partial charge in [-0.15, -0.1) is 0 Å². The molecule has 0 saturated carbocycles. The van der Waals surface area contributed by atoms with Crippen LogP contribution in [0.25, 0.3) is 0 Å². The van der Waals surface area contributed by atoms with Gasteiger partial charge in [-0.3, -0.25) is 0 Å². The van der Waals surface area contributed by atoms with Crippen LogP contribution in [0.5, 0.6) is 0 Å². The molecule has 0 radical (unpaired) electrons. The largest absolute Gasteiger partial charge is 0.500 e. The van der Waals surface area contributed by atoms with Crippen LogP contribution in [0, 0.1) is 0 Å². The minimum absolute atomic E-state index is 0.808. The summed E-state index contributed by atoms with van der Waals surface area (Å²) in [6, 6.07) is 9.48. The Morgan fingerprint density at radius 1 is 0.882 bits per heavy atom. The van der Waals surface area contributed by atoms with Gasteiger partial charge in [0, 0.05) is 27.4 Å². The van der Waals surface area contributed by atoms with Gasteiger partial charge in [0.05, 0.1) is 0 Å². The summed E-state index contributed by atoms with van der Waals surface area (Å²) in [5.41, 5.74) is 2.66. The molecule has 0 spiro atoms. The van der Waals surface area contributed by atoms with E-state index in [1.54, 1.807) is 21.3 Å². The average molecular weight is 254 g/mol. The van der Waals surface area contributed by atoms with E-state index in [9.17, 15) is 0 Å². The Labute approximate surface area is 105 Å². The van der Waals surface area contributed by atoms with Crippen LogP contribution in [0.1, 0.15) is 18.1 Å². The predicted molar refractivity (Wildman–Crippen MR) is 71.1 cm³/mol. The van der Waals surface area contributed by atoms with E-state index in [0.29, 0.717) is 0 Å². The van der Waals surface area contributed by atoms with Gasteiger partial charge in [-0.2, -0.15) is 0 Å². The molecule has 96 valence electrons. The first-order valence-corrected chi connectivity index (χ1v) is 7.86. The summed E-state index contributed by atoms with van der Waals surface area (Å²) in [4.78, 5) is 0. The molecular weight excluding hydrogens is 232 g/mol. The number of hydrogen-bond acceptors (Lipinski definition) is 3. The van der Waals surface area contributed by atoms with Crippen molar-refractivity contribution in [2.24, 2.45) is 0 Å². The molecule has 0 aliphatic rings. The molecule has 0 unspecified atom stereocenters. The van der Waals surface area contributed by atoms with Crippen LogP contribution in [0.15, 0.2) is 24.3 Å². The monoisotopic (exact) mass is 254 g/mol. The molecule has 1 aromatic carbocycles. The van der Waals surface area contributed by atoms with Gasteiger partial charge in [-0.1, -0.05) is 31.2 Å². The minimum atomic E-state index is -2.42. The first kappa shape index (κ1) is 14.4. The fraction of sp³-hybridized carbons (Fsp3) is 0.538. The third-order valence-electron chi connectivity index (χ3n) is 3.08. The normalized spacial score (nSPS) is 11.8. The summed E-state index contributed by atoms with van der Waals surface area (Å²) in [5, 5.41) is 0. The van der Waals surface area contributed by atoms with Gasteiger partial charge >= 0.3 is 8.80 Å². The SMILES string of the molecule is CCc1ccc(CC[Si](OC)(OC)OC)cc1. The molecule has 0 heterocycles. The summed E-state index contributed by atoms with van der Waals surface area (Å²) in [6.07, 6.45) is 2.00. The molecule has 17 heavy (non-hydrogen) atoms. The second kappa shape index (κ2) is 6.91. The summed E-state index contributed by atoms with van der Waals surface area (Å²) < 4.78 is 16.2. The zero-order chi connectivity index (χ0) is 12.7. The van der Waals surface area contributed by atoms with Gasteiger partial charge in [0.25, 0.3) is 0 Å². The van der Waals surface area contributed by atoms with Crippen molar-refractivity contribution in [3.63, 3.8) is 0 Å². The molecule has 0 bridgehead atoms. The zero-order valence-electron chi connectivity index (χ0n) is 11.2. The van der Waals surface area contributed by atoms with E-state index in [2.05, 4.69) is 31.2 Å². The smallest absolute Gasteiger partial charge is 0.377 e. The maximum atomic E-state index is 5.40. The van der Waals surface area contributed by atoms with E-state index >= 15 is 0 Å². The number of aryl methyl sites for hydroxylation is 2.